The first-order valence-corrected chi connectivity index (χ1v) is 10.1. The lowest BCUT2D eigenvalue weighted by Gasteiger charge is -2.47. The van der Waals surface area contributed by atoms with E-state index in [1.807, 2.05) is 6.92 Å². The van der Waals surface area contributed by atoms with Gasteiger partial charge in [-0.25, -0.2) is 0 Å². The van der Waals surface area contributed by atoms with E-state index in [-0.39, 0.29) is 11.1 Å². The third-order valence-electron chi connectivity index (χ3n) is 3.91. The minimum absolute atomic E-state index is 0.209. The molecule has 0 saturated carbocycles. The minimum atomic E-state index is -5.58. The van der Waals surface area contributed by atoms with Gasteiger partial charge in [-0.15, -0.1) is 0 Å². The fourth-order valence-corrected chi connectivity index (χ4v) is 12.2. The van der Waals surface area contributed by atoms with Crippen molar-refractivity contribution in [3.63, 3.8) is 0 Å². The molecule has 2 atom stereocenters. The molecule has 0 aromatic rings. The highest BCUT2D eigenvalue weighted by Gasteiger charge is 2.60. The van der Waals surface area contributed by atoms with Crippen LogP contribution >= 0.6 is 0 Å². The van der Waals surface area contributed by atoms with Gasteiger partial charge in [-0.2, -0.15) is 21.6 Å². The highest BCUT2D eigenvalue weighted by molar-refractivity contribution is 7.88. The van der Waals surface area contributed by atoms with Crippen molar-refractivity contribution in [3.8, 4) is 0 Å². The van der Waals surface area contributed by atoms with E-state index in [0.717, 1.165) is 0 Å². The minimum Gasteiger partial charge on any atom is -0.307 e. The molecule has 0 aliphatic rings. The maximum absolute atomic E-state index is 12.7. The molecule has 0 radical (unpaired) electrons. The zero-order chi connectivity index (χ0) is 16.6. The van der Waals surface area contributed by atoms with E-state index < -0.39 is 29.0 Å². The third-order valence-corrected chi connectivity index (χ3v) is 12.4. The second-order valence-electron chi connectivity index (χ2n) is 6.49. The van der Waals surface area contributed by atoms with Crippen molar-refractivity contribution in [2.24, 2.45) is 0 Å². The molecule has 0 fully saturated rings. The Kier molecular flexibility index (Phi) is 5.94. The Hall–Kier alpha value is -0.0831. The predicted octanol–water partition coefficient (Wildman–Crippen LogP) is 4.81. The molecular weight excluding hydrogens is 309 g/mol. The first-order chi connectivity index (χ1) is 8.63. The third kappa shape index (κ3) is 3.57. The van der Waals surface area contributed by atoms with Crippen LogP contribution in [0.25, 0.3) is 0 Å². The summed E-state index contributed by atoms with van der Waals surface area (Å²) in [6.07, 6.45) is 0.578. The second kappa shape index (κ2) is 5.96. The molecular formula is C12H25F3O3SSi. The molecule has 0 aliphatic carbocycles. The van der Waals surface area contributed by atoms with Crippen molar-refractivity contribution in [2.75, 3.05) is 0 Å². The standard InChI is InChI=1S/C12H25F3O3SSi/c1-8-10(4)20(9(2)3,11(5,6)7)18-19(16,17)12(13,14)15/h9-10H,8H2,1-7H3. The van der Waals surface area contributed by atoms with Crippen molar-refractivity contribution >= 4 is 18.4 Å². The van der Waals surface area contributed by atoms with Gasteiger partial charge in [0.15, 0.2) is 0 Å². The lowest BCUT2D eigenvalue weighted by molar-refractivity contribution is -0.0507. The number of halogens is 3. The zero-order valence-corrected chi connectivity index (χ0v) is 14.9. The van der Waals surface area contributed by atoms with Crippen molar-refractivity contribution in [1.29, 1.82) is 0 Å². The van der Waals surface area contributed by atoms with Gasteiger partial charge in [-0.05, 0) is 16.1 Å². The van der Waals surface area contributed by atoms with Gasteiger partial charge >= 0.3 is 15.6 Å². The summed E-state index contributed by atoms with van der Waals surface area (Å²) >= 11 is 0. The Balaban J connectivity index is 6.05. The average Bonchev–Trinajstić information content (AvgIpc) is 2.20. The van der Waals surface area contributed by atoms with E-state index in [1.54, 1.807) is 41.5 Å². The molecule has 0 heterocycles. The Labute approximate surface area is 121 Å². The molecule has 2 unspecified atom stereocenters. The molecule has 0 saturated heterocycles. The monoisotopic (exact) mass is 334 g/mol. The molecule has 3 nitrogen and oxygen atoms in total. The highest BCUT2D eigenvalue weighted by atomic mass is 32.2. The van der Waals surface area contributed by atoms with Gasteiger partial charge in [-0.1, -0.05) is 54.9 Å². The van der Waals surface area contributed by atoms with Gasteiger partial charge in [0, 0.05) is 0 Å². The highest BCUT2D eigenvalue weighted by Crippen LogP contribution is 2.53. The van der Waals surface area contributed by atoms with Crippen LogP contribution < -0.4 is 0 Å². The normalized spacial score (nSPS) is 18.9. The molecule has 0 amide bonds. The second-order valence-corrected chi connectivity index (χ2v) is 13.8. The molecule has 20 heavy (non-hydrogen) atoms. The van der Waals surface area contributed by atoms with Crippen LogP contribution in [0.2, 0.25) is 16.1 Å². The Morgan fingerprint density at radius 1 is 1.10 bits per heavy atom. The first-order valence-electron chi connectivity index (χ1n) is 6.65. The van der Waals surface area contributed by atoms with E-state index in [0.29, 0.717) is 6.42 Å². The molecule has 0 N–H and O–H groups in total. The van der Waals surface area contributed by atoms with Crippen LogP contribution in [0.4, 0.5) is 13.2 Å². The van der Waals surface area contributed by atoms with Crippen LogP contribution in [0, 0.1) is 0 Å². The van der Waals surface area contributed by atoms with Crippen LogP contribution in [0.5, 0.6) is 0 Å². The van der Waals surface area contributed by atoms with Crippen LogP contribution in [0.1, 0.15) is 54.9 Å². The molecule has 122 valence electrons. The maximum atomic E-state index is 12.7. The largest absolute Gasteiger partial charge is 0.522 e. The van der Waals surface area contributed by atoms with Crippen molar-refractivity contribution in [1.82, 2.24) is 0 Å². The van der Waals surface area contributed by atoms with E-state index >= 15 is 0 Å². The molecule has 0 aliphatic heterocycles. The van der Waals surface area contributed by atoms with Gasteiger partial charge in [0.2, 0.25) is 8.32 Å². The van der Waals surface area contributed by atoms with Crippen LogP contribution in [0.15, 0.2) is 0 Å². The topological polar surface area (TPSA) is 43.4 Å². The zero-order valence-electron chi connectivity index (χ0n) is 13.1. The van der Waals surface area contributed by atoms with Crippen molar-refractivity contribution in [3.05, 3.63) is 0 Å². The number of alkyl halides is 3. The summed E-state index contributed by atoms with van der Waals surface area (Å²) in [6, 6.07) is 0. The summed E-state index contributed by atoms with van der Waals surface area (Å²) in [6.45, 7) is 12.4. The average molecular weight is 334 g/mol. The summed E-state index contributed by atoms with van der Waals surface area (Å²) in [5.41, 5.74) is -5.84. The number of hydrogen-bond donors (Lipinski definition) is 0. The predicted molar refractivity (Wildman–Crippen MR) is 76.3 cm³/mol. The first kappa shape index (κ1) is 19.9. The van der Waals surface area contributed by atoms with Gasteiger partial charge in [-0.3, -0.25) is 0 Å². The van der Waals surface area contributed by atoms with Crippen LogP contribution in [0.3, 0.4) is 0 Å². The molecule has 0 bridgehead atoms. The Morgan fingerprint density at radius 3 is 1.70 bits per heavy atom. The maximum Gasteiger partial charge on any atom is 0.522 e. The van der Waals surface area contributed by atoms with Crippen LogP contribution in [-0.4, -0.2) is 22.2 Å². The van der Waals surface area contributed by atoms with Crippen LogP contribution in [-0.2, 0) is 14.0 Å². The molecule has 0 rings (SSSR count). The quantitative estimate of drug-likeness (QED) is 0.535. The number of rotatable bonds is 5. The lowest BCUT2D eigenvalue weighted by atomic mass is 10.2. The van der Waals surface area contributed by atoms with E-state index in [9.17, 15) is 21.6 Å². The number of hydrogen-bond acceptors (Lipinski definition) is 3. The molecule has 0 spiro atoms. The summed E-state index contributed by atoms with van der Waals surface area (Å²) in [4.78, 5) is 0. The fourth-order valence-electron chi connectivity index (χ4n) is 3.01. The summed E-state index contributed by atoms with van der Waals surface area (Å²) in [7, 11) is -8.81. The van der Waals surface area contributed by atoms with Crippen molar-refractivity contribution < 1.29 is 25.5 Å². The summed E-state index contributed by atoms with van der Waals surface area (Å²) in [5, 5.41) is -0.630. The SMILES string of the molecule is CCC(C)[Si](OS(=O)(=O)C(F)(F)F)(C(C)C)C(C)(C)C. The molecule has 8 heteroatoms. The summed E-state index contributed by atoms with van der Waals surface area (Å²) < 4.78 is 66.1. The summed E-state index contributed by atoms with van der Waals surface area (Å²) in [5.74, 6) is 0. The Morgan fingerprint density at radius 2 is 1.50 bits per heavy atom. The van der Waals surface area contributed by atoms with Crippen molar-refractivity contribution in [2.45, 2.75) is 76.5 Å². The Bertz CT molecular complexity index is 426. The van der Waals surface area contributed by atoms with E-state index in [4.69, 9.17) is 3.87 Å². The van der Waals surface area contributed by atoms with E-state index in [2.05, 4.69) is 0 Å². The van der Waals surface area contributed by atoms with E-state index in [1.165, 1.54) is 0 Å². The van der Waals surface area contributed by atoms with Gasteiger partial charge in [0.25, 0.3) is 0 Å². The molecule has 0 aromatic carbocycles. The fraction of sp³-hybridized carbons (Fsp3) is 1.00. The lowest BCUT2D eigenvalue weighted by Crippen LogP contribution is -2.55. The molecule has 0 aromatic heterocycles. The smallest absolute Gasteiger partial charge is 0.307 e. The van der Waals surface area contributed by atoms with Gasteiger partial charge < -0.3 is 3.87 Å². The van der Waals surface area contributed by atoms with Gasteiger partial charge in [0.05, 0.1) is 0 Å². The van der Waals surface area contributed by atoms with Gasteiger partial charge in [0.1, 0.15) is 0 Å².